The van der Waals surface area contributed by atoms with Gasteiger partial charge in [0.1, 0.15) is 5.76 Å². The molecule has 19 heavy (non-hydrogen) atoms. The van der Waals surface area contributed by atoms with E-state index in [-0.39, 0.29) is 5.91 Å². The van der Waals surface area contributed by atoms with Crippen LogP contribution in [0.25, 0.3) is 0 Å². The van der Waals surface area contributed by atoms with E-state index in [1.807, 2.05) is 24.3 Å². The molecule has 1 aromatic heterocycles. The summed E-state index contributed by atoms with van der Waals surface area (Å²) in [5.74, 6) is 0.692. The lowest BCUT2D eigenvalue weighted by Crippen LogP contribution is -2.26. The molecule has 2 heterocycles. The molecule has 1 aliphatic heterocycles. The monoisotopic (exact) mass is 256 g/mol. The topological polar surface area (TPSA) is 54.3 Å². The van der Waals surface area contributed by atoms with Crippen molar-refractivity contribution in [3.05, 3.63) is 59.0 Å². The van der Waals surface area contributed by atoms with Gasteiger partial charge in [-0.3, -0.25) is 4.79 Å². The summed E-state index contributed by atoms with van der Waals surface area (Å²) in [6.07, 6.45) is 2.63. The second kappa shape index (κ2) is 5.28. The average molecular weight is 256 g/mol. The third-order valence-electron chi connectivity index (χ3n) is 3.36. The Balaban J connectivity index is 1.69. The standard InChI is InChI=1S/C15H16N2O2/c18-15(17-10-14-2-1-7-19-14)12-4-3-11-5-6-16-9-13(11)8-12/h1-4,7-8,16H,5-6,9-10H2,(H,17,18). The lowest BCUT2D eigenvalue weighted by molar-refractivity contribution is 0.0948. The van der Waals surface area contributed by atoms with Crippen molar-refractivity contribution < 1.29 is 9.21 Å². The first-order chi connectivity index (χ1) is 9.33. The molecular formula is C15H16N2O2. The van der Waals surface area contributed by atoms with Crippen LogP contribution in [0.4, 0.5) is 0 Å². The van der Waals surface area contributed by atoms with Gasteiger partial charge in [0.25, 0.3) is 5.91 Å². The van der Waals surface area contributed by atoms with E-state index in [1.165, 1.54) is 11.1 Å². The fraction of sp³-hybridized carbons (Fsp3) is 0.267. The van der Waals surface area contributed by atoms with Crippen molar-refractivity contribution >= 4 is 5.91 Å². The molecular weight excluding hydrogens is 240 g/mol. The predicted octanol–water partition coefficient (Wildman–Crippen LogP) is 1.86. The normalized spacial score (nSPS) is 13.9. The number of nitrogens with one attached hydrogen (secondary N) is 2. The molecule has 0 radical (unpaired) electrons. The van der Waals surface area contributed by atoms with Crippen LogP contribution in [0, 0.1) is 0 Å². The van der Waals surface area contributed by atoms with E-state index in [0.29, 0.717) is 12.1 Å². The molecule has 1 aliphatic rings. The first-order valence-corrected chi connectivity index (χ1v) is 6.46. The smallest absolute Gasteiger partial charge is 0.251 e. The Hall–Kier alpha value is -2.07. The van der Waals surface area contributed by atoms with E-state index in [0.717, 1.165) is 25.3 Å². The highest BCUT2D eigenvalue weighted by Gasteiger charge is 2.12. The molecule has 0 saturated carbocycles. The SMILES string of the molecule is O=C(NCc1ccco1)c1ccc2c(c1)CNCC2. The van der Waals surface area contributed by atoms with Gasteiger partial charge in [-0.25, -0.2) is 0 Å². The van der Waals surface area contributed by atoms with Crippen LogP contribution in [0.5, 0.6) is 0 Å². The quantitative estimate of drug-likeness (QED) is 0.881. The second-order valence-electron chi connectivity index (χ2n) is 4.67. The molecule has 0 fully saturated rings. The number of rotatable bonds is 3. The number of carbonyl (C=O) groups excluding carboxylic acids is 1. The molecule has 0 aliphatic carbocycles. The van der Waals surface area contributed by atoms with Gasteiger partial charge in [-0.05, 0) is 48.4 Å². The molecule has 0 atom stereocenters. The fourth-order valence-corrected chi connectivity index (χ4v) is 2.30. The van der Waals surface area contributed by atoms with Crippen molar-refractivity contribution in [2.24, 2.45) is 0 Å². The van der Waals surface area contributed by atoms with Gasteiger partial charge in [0.05, 0.1) is 12.8 Å². The molecule has 1 amide bonds. The molecule has 98 valence electrons. The molecule has 3 rings (SSSR count). The first kappa shape index (κ1) is 12.0. The first-order valence-electron chi connectivity index (χ1n) is 6.46. The average Bonchev–Trinajstić information content (AvgIpc) is 2.97. The van der Waals surface area contributed by atoms with Crippen LogP contribution in [0.15, 0.2) is 41.0 Å². The summed E-state index contributed by atoms with van der Waals surface area (Å²) < 4.78 is 5.19. The van der Waals surface area contributed by atoms with Crippen molar-refractivity contribution in [2.45, 2.75) is 19.5 Å². The van der Waals surface area contributed by atoms with Gasteiger partial charge in [-0.15, -0.1) is 0 Å². The maximum Gasteiger partial charge on any atom is 0.251 e. The Morgan fingerprint density at radius 3 is 3.11 bits per heavy atom. The van der Waals surface area contributed by atoms with Crippen molar-refractivity contribution in [2.75, 3.05) is 6.54 Å². The number of hydrogen-bond donors (Lipinski definition) is 2. The Labute approximate surface area is 111 Å². The Morgan fingerprint density at radius 2 is 2.26 bits per heavy atom. The van der Waals surface area contributed by atoms with E-state index in [2.05, 4.69) is 16.7 Å². The number of benzene rings is 1. The zero-order valence-electron chi connectivity index (χ0n) is 10.6. The van der Waals surface area contributed by atoms with Crippen molar-refractivity contribution in [1.82, 2.24) is 10.6 Å². The highest BCUT2D eigenvalue weighted by molar-refractivity contribution is 5.94. The van der Waals surface area contributed by atoms with Crippen LogP contribution in [0.1, 0.15) is 27.2 Å². The highest BCUT2D eigenvalue weighted by Crippen LogP contribution is 2.16. The number of furan rings is 1. The maximum atomic E-state index is 12.1. The van der Waals surface area contributed by atoms with Crippen LogP contribution in [0.2, 0.25) is 0 Å². The summed E-state index contributed by atoms with van der Waals surface area (Å²) in [6, 6.07) is 9.57. The van der Waals surface area contributed by atoms with E-state index < -0.39 is 0 Å². The van der Waals surface area contributed by atoms with Crippen molar-refractivity contribution in [1.29, 1.82) is 0 Å². The molecule has 0 saturated heterocycles. The molecule has 1 aromatic carbocycles. The van der Waals surface area contributed by atoms with Gasteiger partial charge in [-0.2, -0.15) is 0 Å². The lowest BCUT2D eigenvalue weighted by atomic mass is 9.98. The minimum atomic E-state index is -0.0650. The van der Waals surface area contributed by atoms with E-state index in [9.17, 15) is 4.79 Å². The van der Waals surface area contributed by atoms with Crippen LogP contribution in [-0.4, -0.2) is 12.5 Å². The molecule has 0 bridgehead atoms. The second-order valence-corrected chi connectivity index (χ2v) is 4.67. The Kier molecular flexibility index (Phi) is 3.33. The molecule has 0 spiro atoms. The summed E-state index contributed by atoms with van der Waals surface area (Å²) in [6.45, 7) is 2.27. The molecule has 2 N–H and O–H groups in total. The van der Waals surface area contributed by atoms with Crippen LogP contribution < -0.4 is 10.6 Å². The number of amides is 1. The Bertz CT molecular complexity index is 576. The summed E-state index contributed by atoms with van der Waals surface area (Å²) in [5.41, 5.74) is 3.26. The van der Waals surface area contributed by atoms with E-state index >= 15 is 0 Å². The third-order valence-corrected chi connectivity index (χ3v) is 3.36. The summed E-state index contributed by atoms with van der Waals surface area (Å²) in [5, 5.41) is 6.17. The molecule has 4 nitrogen and oxygen atoms in total. The van der Waals surface area contributed by atoms with Crippen molar-refractivity contribution in [3.8, 4) is 0 Å². The Morgan fingerprint density at radius 1 is 1.32 bits per heavy atom. The fourth-order valence-electron chi connectivity index (χ4n) is 2.30. The lowest BCUT2D eigenvalue weighted by Gasteiger charge is -2.17. The number of fused-ring (bicyclic) bond motifs is 1. The summed E-state index contributed by atoms with van der Waals surface area (Å²) in [7, 11) is 0. The minimum absolute atomic E-state index is 0.0650. The third kappa shape index (κ3) is 2.69. The zero-order valence-corrected chi connectivity index (χ0v) is 10.6. The van der Waals surface area contributed by atoms with E-state index in [4.69, 9.17) is 4.42 Å². The largest absolute Gasteiger partial charge is 0.467 e. The summed E-state index contributed by atoms with van der Waals surface area (Å²) >= 11 is 0. The van der Waals surface area contributed by atoms with Gasteiger partial charge in [0, 0.05) is 12.1 Å². The van der Waals surface area contributed by atoms with Gasteiger partial charge in [0.15, 0.2) is 0 Å². The zero-order chi connectivity index (χ0) is 13.1. The van der Waals surface area contributed by atoms with Crippen LogP contribution >= 0.6 is 0 Å². The van der Waals surface area contributed by atoms with Crippen molar-refractivity contribution in [3.63, 3.8) is 0 Å². The number of carbonyl (C=O) groups is 1. The summed E-state index contributed by atoms with van der Waals surface area (Å²) in [4.78, 5) is 12.1. The van der Waals surface area contributed by atoms with Gasteiger partial charge >= 0.3 is 0 Å². The van der Waals surface area contributed by atoms with Gasteiger partial charge < -0.3 is 15.1 Å². The number of hydrogen-bond acceptors (Lipinski definition) is 3. The molecule has 4 heteroatoms. The maximum absolute atomic E-state index is 12.1. The molecule has 2 aromatic rings. The van der Waals surface area contributed by atoms with Gasteiger partial charge in [-0.1, -0.05) is 6.07 Å². The predicted molar refractivity (Wildman–Crippen MR) is 71.7 cm³/mol. The van der Waals surface area contributed by atoms with Crippen LogP contribution in [0.3, 0.4) is 0 Å². The molecule has 0 unspecified atom stereocenters. The highest BCUT2D eigenvalue weighted by atomic mass is 16.3. The van der Waals surface area contributed by atoms with Gasteiger partial charge in [0.2, 0.25) is 0 Å². The van der Waals surface area contributed by atoms with E-state index in [1.54, 1.807) is 6.26 Å². The minimum Gasteiger partial charge on any atom is -0.467 e. The van der Waals surface area contributed by atoms with Crippen LogP contribution in [-0.2, 0) is 19.5 Å².